The molecular weight excluding hydrogens is 446 g/mol. The number of hydrogen-bond donors (Lipinski definition) is 4. The smallest absolute Gasteiger partial charge is 0.328 e. The zero-order valence-corrected chi connectivity index (χ0v) is 19.2. The molecule has 0 amide bonds. The van der Waals surface area contributed by atoms with Crippen molar-refractivity contribution in [3.05, 3.63) is 59.8 Å². The lowest BCUT2D eigenvalue weighted by molar-refractivity contribution is -0.131. The third kappa shape index (κ3) is 6.50. The van der Waals surface area contributed by atoms with Crippen molar-refractivity contribution in [2.75, 3.05) is 42.2 Å². The summed E-state index contributed by atoms with van der Waals surface area (Å²) in [5.41, 5.74) is 3.56. The number of aromatic nitrogens is 1. The Labute approximate surface area is 192 Å². The zero-order valence-electron chi connectivity index (χ0n) is 18.4. The lowest BCUT2D eigenvalue weighted by Crippen LogP contribution is -2.32. The summed E-state index contributed by atoms with van der Waals surface area (Å²) < 4.78 is 31.8. The number of carboxylic acids is 1. The van der Waals surface area contributed by atoms with Gasteiger partial charge in [-0.15, -0.1) is 0 Å². The van der Waals surface area contributed by atoms with Crippen molar-refractivity contribution < 1.29 is 28.2 Å². The molecule has 1 aromatic heterocycles. The summed E-state index contributed by atoms with van der Waals surface area (Å²) >= 11 is 0. The fourth-order valence-corrected chi connectivity index (χ4v) is 4.15. The van der Waals surface area contributed by atoms with Crippen molar-refractivity contribution in [1.82, 2.24) is 4.98 Å². The Balaban J connectivity index is 1.73. The number of carboxylic acid groups (broad SMARTS) is 1. The van der Waals surface area contributed by atoms with Gasteiger partial charge in [-0.05, 0) is 37.3 Å². The van der Waals surface area contributed by atoms with Gasteiger partial charge in [0.25, 0.3) is 0 Å². The van der Waals surface area contributed by atoms with Crippen LogP contribution in [-0.2, 0) is 14.8 Å². The first-order valence-corrected chi connectivity index (χ1v) is 12.2. The number of anilines is 2. The standard InChI is InChI=1S/C23H27N3O6S/c1-16-18(9-10-23(28)29)19-8-7-17(15-21(19)24-16)32-14-12-26(11-13-27)22-6-4-3-5-20(22)25-33(2,30)31/h3-10,15,24-25,27H,11-14H2,1-2H3,(H,28,29). The van der Waals surface area contributed by atoms with Crippen molar-refractivity contribution in [1.29, 1.82) is 0 Å². The van der Waals surface area contributed by atoms with Crippen LogP contribution in [0, 0.1) is 6.92 Å². The number of rotatable bonds is 11. The number of aliphatic carboxylic acids is 1. The Kier molecular flexibility index (Phi) is 7.62. The molecule has 176 valence electrons. The molecular formula is C23H27N3O6S. The Morgan fingerprint density at radius 3 is 2.67 bits per heavy atom. The van der Waals surface area contributed by atoms with Crippen LogP contribution < -0.4 is 14.4 Å². The van der Waals surface area contributed by atoms with Gasteiger partial charge in [-0.3, -0.25) is 4.72 Å². The van der Waals surface area contributed by atoms with Crippen molar-refractivity contribution in [3.8, 4) is 5.75 Å². The minimum atomic E-state index is -3.45. The van der Waals surface area contributed by atoms with Crippen LogP contribution in [0.5, 0.6) is 5.75 Å². The third-order valence-electron chi connectivity index (χ3n) is 4.94. The summed E-state index contributed by atoms with van der Waals surface area (Å²) in [4.78, 5) is 15.9. The molecule has 2 aromatic carbocycles. The Morgan fingerprint density at radius 2 is 1.97 bits per heavy atom. The maximum Gasteiger partial charge on any atom is 0.328 e. The second-order valence-corrected chi connectivity index (χ2v) is 9.24. The number of ether oxygens (including phenoxy) is 1. The Bertz CT molecular complexity index is 1270. The van der Waals surface area contributed by atoms with E-state index in [2.05, 4.69) is 9.71 Å². The molecule has 0 spiro atoms. The van der Waals surface area contributed by atoms with Crippen LogP contribution in [-0.4, -0.2) is 62.1 Å². The topological polar surface area (TPSA) is 132 Å². The summed E-state index contributed by atoms with van der Waals surface area (Å²) in [6.07, 6.45) is 3.75. The largest absolute Gasteiger partial charge is 0.492 e. The maximum atomic E-state index is 11.7. The van der Waals surface area contributed by atoms with E-state index in [9.17, 15) is 18.3 Å². The van der Waals surface area contributed by atoms with E-state index in [1.165, 1.54) is 0 Å². The van der Waals surface area contributed by atoms with Crippen molar-refractivity contribution in [2.24, 2.45) is 0 Å². The highest BCUT2D eigenvalue weighted by Crippen LogP contribution is 2.28. The number of benzene rings is 2. The zero-order chi connectivity index (χ0) is 24.0. The van der Waals surface area contributed by atoms with Gasteiger partial charge in [0.2, 0.25) is 10.0 Å². The first kappa shape index (κ1) is 24.1. The minimum absolute atomic E-state index is 0.104. The lowest BCUT2D eigenvalue weighted by atomic mass is 10.1. The van der Waals surface area contributed by atoms with E-state index in [0.29, 0.717) is 36.8 Å². The predicted octanol–water partition coefficient (Wildman–Crippen LogP) is 2.82. The molecule has 4 N–H and O–H groups in total. The second kappa shape index (κ2) is 10.4. The van der Waals surface area contributed by atoms with E-state index in [1.54, 1.807) is 30.3 Å². The van der Waals surface area contributed by atoms with Gasteiger partial charge in [0, 0.05) is 40.8 Å². The number of aryl methyl sites for hydroxylation is 1. The van der Waals surface area contributed by atoms with Crippen LogP contribution >= 0.6 is 0 Å². The van der Waals surface area contributed by atoms with Gasteiger partial charge in [0.1, 0.15) is 12.4 Å². The number of nitrogens with one attached hydrogen (secondary N) is 2. The average Bonchev–Trinajstić information content (AvgIpc) is 3.05. The molecule has 0 saturated heterocycles. The molecule has 9 nitrogen and oxygen atoms in total. The molecule has 0 radical (unpaired) electrons. The number of aliphatic hydroxyl groups excluding tert-OH is 1. The van der Waals surface area contributed by atoms with Gasteiger partial charge in [-0.1, -0.05) is 12.1 Å². The molecule has 0 aliphatic rings. The number of sulfonamides is 1. The number of fused-ring (bicyclic) bond motifs is 1. The predicted molar refractivity (Wildman–Crippen MR) is 129 cm³/mol. The number of H-pyrrole nitrogens is 1. The molecule has 33 heavy (non-hydrogen) atoms. The molecule has 10 heteroatoms. The van der Waals surface area contributed by atoms with Crippen LogP contribution in [0.15, 0.2) is 48.5 Å². The fraction of sp³-hybridized carbons (Fsp3) is 0.261. The molecule has 0 saturated carbocycles. The lowest BCUT2D eigenvalue weighted by Gasteiger charge is -2.26. The summed E-state index contributed by atoms with van der Waals surface area (Å²) in [7, 11) is -3.45. The first-order chi connectivity index (χ1) is 15.7. The van der Waals surface area contributed by atoms with E-state index < -0.39 is 16.0 Å². The number of nitrogens with zero attached hydrogens (tertiary/aromatic N) is 1. The van der Waals surface area contributed by atoms with Gasteiger partial charge in [0.05, 0.1) is 30.8 Å². The average molecular weight is 474 g/mol. The van der Waals surface area contributed by atoms with Crippen molar-refractivity contribution >= 4 is 44.3 Å². The second-order valence-electron chi connectivity index (χ2n) is 7.49. The molecule has 0 aliphatic carbocycles. The van der Waals surface area contributed by atoms with E-state index in [0.717, 1.165) is 34.5 Å². The molecule has 1 heterocycles. The number of aromatic amines is 1. The number of carbonyl (C=O) groups is 1. The highest BCUT2D eigenvalue weighted by Gasteiger charge is 2.14. The van der Waals surface area contributed by atoms with E-state index in [4.69, 9.17) is 9.84 Å². The van der Waals surface area contributed by atoms with Crippen LogP contribution in [0.4, 0.5) is 11.4 Å². The summed E-state index contributed by atoms with van der Waals surface area (Å²) in [5, 5.41) is 19.3. The number of hydrogen-bond acceptors (Lipinski definition) is 6. The Morgan fingerprint density at radius 1 is 1.21 bits per heavy atom. The Hall–Kier alpha value is -3.50. The van der Waals surface area contributed by atoms with Crippen molar-refractivity contribution in [3.63, 3.8) is 0 Å². The fourth-order valence-electron chi connectivity index (χ4n) is 3.57. The third-order valence-corrected chi connectivity index (χ3v) is 5.53. The van der Waals surface area contributed by atoms with Gasteiger partial charge >= 0.3 is 5.97 Å². The van der Waals surface area contributed by atoms with E-state index in [-0.39, 0.29) is 6.61 Å². The molecule has 0 bridgehead atoms. The maximum absolute atomic E-state index is 11.7. The van der Waals surface area contributed by atoms with E-state index >= 15 is 0 Å². The van der Waals surface area contributed by atoms with Gasteiger partial charge in [-0.2, -0.15) is 0 Å². The quantitative estimate of drug-likeness (QED) is 0.315. The monoisotopic (exact) mass is 473 g/mol. The van der Waals surface area contributed by atoms with Crippen LogP contribution in [0.1, 0.15) is 11.3 Å². The highest BCUT2D eigenvalue weighted by molar-refractivity contribution is 7.92. The molecule has 3 rings (SSSR count). The van der Waals surface area contributed by atoms with E-state index in [1.807, 2.05) is 30.0 Å². The first-order valence-electron chi connectivity index (χ1n) is 10.3. The number of para-hydroxylation sites is 2. The van der Waals surface area contributed by atoms with Crippen LogP contribution in [0.25, 0.3) is 17.0 Å². The van der Waals surface area contributed by atoms with Gasteiger partial charge < -0.3 is 24.8 Å². The molecule has 0 fully saturated rings. The molecule has 0 atom stereocenters. The van der Waals surface area contributed by atoms with Crippen LogP contribution in [0.3, 0.4) is 0 Å². The SMILES string of the molecule is Cc1[nH]c2cc(OCCN(CCO)c3ccccc3NS(C)(=O)=O)ccc2c1C=CC(=O)O. The summed E-state index contributed by atoms with van der Waals surface area (Å²) in [5.74, 6) is -0.381. The normalized spacial score (nSPS) is 11.7. The molecule has 0 aliphatic heterocycles. The number of aliphatic hydroxyl groups is 1. The van der Waals surface area contributed by atoms with Gasteiger partial charge in [-0.25, -0.2) is 13.2 Å². The van der Waals surface area contributed by atoms with Crippen molar-refractivity contribution in [2.45, 2.75) is 6.92 Å². The highest BCUT2D eigenvalue weighted by atomic mass is 32.2. The van der Waals surface area contributed by atoms with Crippen LogP contribution in [0.2, 0.25) is 0 Å². The summed E-state index contributed by atoms with van der Waals surface area (Å²) in [6.45, 7) is 2.78. The summed E-state index contributed by atoms with van der Waals surface area (Å²) in [6, 6.07) is 12.5. The molecule has 3 aromatic rings. The molecule has 0 unspecified atom stereocenters. The minimum Gasteiger partial charge on any atom is -0.492 e. The van der Waals surface area contributed by atoms with Gasteiger partial charge in [0.15, 0.2) is 0 Å².